The molecular weight excluding hydrogens is 276 g/mol. The normalized spacial score (nSPS) is 13.3. The minimum atomic E-state index is -1.70. The summed E-state index contributed by atoms with van der Waals surface area (Å²) in [6.45, 7) is 6.79. The summed E-state index contributed by atoms with van der Waals surface area (Å²) in [7, 11) is 0.341. The maximum atomic E-state index is 6.75. The third kappa shape index (κ3) is 3.44. The fourth-order valence-corrected chi connectivity index (χ4v) is 5.52. The fraction of sp³-hybridized carbons (Fsp3) is 0.471. The van der Waals surface area contributed by atoms with Gasteiger partial charge in [-0.2, -0.15) is 0 Å². The fourth-order valence-electron chi connectivity index (χ4n) is 2.78. The van der Waals surface area contributed by atoms with Crippen LogP contribution < -0.4 is 0 Å². The van der Waals surface area contributed by atoms with E-state index < -0.39 is 8.32 Å². The van der Waals surface area contributed by atoms with Crippen LogP contribution in [0.4, 0.5) is 0 Å². The monoisotopic (exact) mass is 302 g/mol. The van der Waals surface area contributed by atoms with Crippen molar-refractivity contribution in [2.75, 3.05) is 0 Å². The predicted octanol–water partition coefficient (Wildman–Crippen LogP) is 4.53. The minimum absolute atomic E-state index is 0.0577. The van der Waals surface area contributed by atoms with Gasteiger partial charge in [-0.3, -0.25) is 0 Å². The van der Waals surface area contributed by atoms with E-state index in [0.29, 0.717) is 0 Å². The topological polar surface area (TPSA) is 27.1 Å². The number of hydrogen-bond donors (Lipinski definition) is 0. The van der Waals surface area contributed by atoms with Crippen molar-refractivity contribution >= 4 is 8.32 Å². The molecule has 0 saturated carbocycles. The van der Waals surface area contributed by atoms with Crippen molar-refractivity contribution in [3.63, 3.8) is 0 Å². The minimum Gasteiger partial charge on any atom is -0.403 e. The molecule has 0 aliphatic heterocycles. The van der Waals surface area contributed by atoms with E-state index in [1.54, 1.807) is 0 Å². The summed E-state index contributed by atoms with van der Waals surface area (Å²) in [5, 5.41) is 0. The zero-order valence-corrected chi connectivity index (χ0v) is 14.5. The van der Waals surface area contributed by atoms with Gasteiger partial charge in [-0.1, -0.05) is 51.1 Å². The van der Waals surface area contributed by atoms with Gasteiger partial charge in [-0.25, -0.2) is 4.98 Å². The highest BCUT2D eigenvalue weighted by Crippen LogP contribution is 2.33. The molecule has 2 rings (SSSR count). The molecule has 0 fully saturated rings. The van der Waals surface area contributed by atoms with Crippen molar-refractivity contribution in [2.45, 2.75) is 45.0 Å². The molecule has 4 heteroatoms. The van der Waals surface area contributed by atoms with Crippen LogP contribution >= 0.6 is 0 Å². The number of rotatable bonds is 7. The second-order valence-corrected chi connectivity index (χ2v) is 10.3. The molecule has 0 radical (unpaired) electrons. The molecule has 0 saturated heterocycles. The Bertz CT molecular complexity index is 541. The zero-order chi connectivity index (χ0) is 15.3. The Balaban J connectivity index is 2.40. The van der Waals surface area contributed by atoms with E-state index >= 15 is 0 Å². The molecule has 3 nitrogen and oxygen atoms in total. The smallest absolute Gasteiger partial charge is 0.193 e. The largest absolute Gasteiger partial charge is 0.403 e. The SMILES string of the molecule is CC[Si](CC)(CC)OC(c1ccccc1)c1nccn1C. The first-order valence-electron chi connectivity index (χ1n) is 7.85. The van der Waals surface area contributed by atoms with Crippen molar-refractivity contribution in [1.29, 1.82) is 0 Å². The number of aromatic nitrogens is 2. The molecule has 21 heavy (non-hydrogen) atoms. The summed E-state index contributed by atoms with van der Waals surface area (Å²) in [5.74, 6) is 0.994. The lowest BCUT2D eigenvalue weighted by molar-refractivity contribution is 0.216. The van der Waals surface area contributed by atoms with Crippen molar-refractivity contribution in [2.24, 2.45) is 7.05 Å². The summed E-state index contributed by atoms with van der Waals surface area (Å²) in [4.78, 5) is 4.54. The standard InChI is InChI=1S/C17H26N2OSi/c1-5-21(6-2,7-3)20-16(15-11-9-8-10-12-15)17-18-13-14-19(17)4/h8-14,16H,5-7H2,1-4H3. The molecule has 2 aromatic rings. The predicted molar refractivity (Wildman–Crippen MR) is 89.8 cm³/mol. The molecule has 1 unspecified atom stereocenters. The van der Waals surface area contributed by atoms with Gasteiger partial charge in [0, 0.05) is 19.4 Å². The van der Waals surface area contributed by atoms with Crippen LogP contribution in [0.3, 0.4) is 0 Å². The van der Waals surface area contributed by atoms with E-state index in [2.05, 4.69) is 54.6 Å². The first kappa shape index (κ1) is 16.0. The van der Waals surface area contributed by atoms with E-state index in [1.165, 1.54) is 5.56 Å². The second-order valence-electron chi connectivity index (χ2n) is 5.55. The summed E-state index contributed by atoms with van der Waals surface area (Å²) < 4.78 is 8.82. The van der Waals surface area contributed by atoms with E-state index in [-0.39, 0.29) is 6.10 Å². The van der Waals surface area contributed by atoms with Gasteiger partial charge in [-0.05, 0) is 23.7 Å². The Morgan fingerprint density at radius 3 is 2.19 bits per heavy atom. The Kier molecular flexibility index (Phi) is 5.37. The lowest BCUT2D eigenvalue weighted by atomic mass is 10.1. The summed E-state index contributed by atoms with van der Waals surface area (Å²) in [6, 6.07) is 13.9. The Labute approximate surface area is 129 Å². The van der Waals surface area contributed by atoms with Crippen LogP contribution in [0.25, 0.3) is 0 Å². The lowest BCUT2D eigenvalue weighted by Crippen LogP contribution is -2.38. The highest BCUT2D eigenvalue weighted by molar-refractivity contribution is 6.73. The number of benzene rings is 1. The van der Waals surface area contributed by atoms with Gasteiger partial charge in [0.15, 0.2) is 8.32 Å². The van der Waals surface area contributed by atoms with Crippen LogP contribution in [0.1, 0.15) is 38.3 Å². The van der Waals surface area contributed by atoms with Crippen molar-refractivity contribution in [3.8, 4) is 0 Å². The quantitative estimate of drug-likeness (QED) is 0.703. The molecule has 0 bridgehead atoms. The number of imidazole rings is 1. The molecule has 114 valence electrons. The summed E-state index contributed by atoms with van der Waals surface area (Å²) in [5.41, 5.74) is 1.19. The lowest BCUT2D eigenvalue weighted by Gasteiger charge is -2.33. The van der Waals surface area contributed by atoms with Crippen LogP contribution in [0, 0.1) is 0 Å². The maximum absolute atomic E-state index is 6.75. The Morgan fingerprint density at radius 1 is 1.10 bits per heavy atom. The number of hydrogen-bond acceptors (Lipinski definition) is 2. The van der Waals surface area contributed by atoms with Gasteiger partial charge in [0.25, 0.3) is 0 Å². The molecule has 0 spiro atoms. The van der Waals surface area contributed by atoms with Crippen LogP contribution in [0.15, 0.2) is 42.7 Å². The van der Waals surface area contributed by atoms with Crippen LogP contribution in [0.2, 0.25) is 18.1 Å². The maximum Gasteiger partial charge on any atom is 0.193 e. The molecule has 0 N–H and O–H groups in total. The van der Waals surface area contributed by atoms with Gasteiger partial charge >= 0.3 is 0 Å². The molecule has 1 aromatic heterocycles. The first-order valence-corrected chi connectivity index (χ1v) is 10.4. The van der Waals surface area contributed by atoms with Crippen LogP contribution in [-0.2, 0) is 11.5 Å². The highest BCUT2D eigenvalue weighted by Gasteiger charge is 2.34. The third-order valence-corrected chi connectivity index (χ3v) is 9.10. The van der Waals surface area contributed by atoms with Crippen molar-refractivity contribution < 1.29 is 4.43 Å². The van der Waals surface area contributed by atoms with Gasteiger partial charge < -0.3 is 8.99 Å². The van der Waals surface area contributed by atoms with Gasteiger partial charge in [0.2, 0.25) is 0 Å². The van der Waals surface area contributed by atoms with Gasteiger partial charge in [0.1, 0.15) is 11.9 Å². The van der Waals surface area contributed by atoms with Gasteiger partial charge in [-0.15, -0.1) is 0 Å². The first-order chi connectivity index (χ1) is 10.2. The van der Waals surface area contributed by atoms with Crippen LogP contribution in [-0.4, -0.2) is 17.9 Å². The Morgan fingerprint density at radius 2 is 1.71 bits per heavy atom. The van der Waals surface area contributed by atoms with E-state index in [4.69, 9.17) is 4.43 Å². The molecular formula is C17H26N2OSi. The summed E-state index contributed by atoms with van der Waals surface area (Å²) in [6.07, 6.45) is 3.78. The second kappa shape index (κ2) is 7.05. The average Bonchev–Trinajstić information content (AvgIpc) is 2.96. The summed E-state index contributed by atoms with van der Waals surface area (Å²) >= 11 is 0. The van der Waals surface area contributed by atoms with Gasteiger partial charge in [0.05, 0.1) is 0 Å². The molecule has 0 amide bonds. The Hall–Kier alpha value is -1.39. The van der Waals surface area contributed by atoms with E-state index in [9.17, 15) is 0 Å². The molecule has 1 heterocycles. The van der Waals surface area contributed by atoms with E-state index in [1.807, 2.05) is 25.5 Å². The zero-order valence-electron chi connectivity index (χ0n) is 13.5. The highest BCUT2D eigenvalue weighted by atomic mass is 28.4. The number of nitrogens with zero attached hydrogens (tertiary/aromatic N) is 2. The van der Waals surface area contributed by atoms with Crippen molar-refractivity contribution in [3.05, 3.63) is 54.1 Å². The molecule has 1 atom stereocenters. The van der Waals surface area contributed by atoms with Crippen LogP contribution in [0.5, 0.6) is 0 Å². The van der Waals surface area contributed by atoms with Crippen molar-refractivity contribution in [1.82, 2.24) is 9.55 Å². The van der Waals surface area contributed by atoms with E-state index in [0.717, 1.165) is 24.0 Å². The molecule has 0 aliphatic rings. The third-order valence-electron chi connectivity index (χ3n) is 4.50. The number of aryl methyl sites for hydroxylation is 1. The molecule has 0 aliphatic carbocycles. The molecule has 1 aromatic carbocycles. The average molecular weight is 302 g/mol.